The minimum absolute atomic E-state index is 0.0857. The zero-order valence-corrected chi connectivity index (χ0v) is 20.2. The third-order valence-corrected chi connectivity index (χ3v) is 9.94. The van der Waals surface area contributed by atoms with E-state index >= 15 is 0 Å². The van der Waals surface area contributed by atoms with E-state index in [0.29, 0.717) is 31.4 Å². The van der Waals surface area contributed by atoms with Crippen molar-refractivity contribution in [1.29, 1.82) is 0 Å². The van der Waals surface area contributed by atoms with Crippen molar-refractivity contribution < 1.29 is 24.2 Å². The van der Waals surface area contributed by atoms with Crippen molar-refractivity contribution in [2.45, 2.75) is 65.8 Å². The van der Waals surface area contributed by atoms with Crippen molar-refractivity contribution in [2.75, 3.05) is 26.7 Å². The molecule has 0 aromatic carbocycles. The number of hydrogen-bond acceptors (Lipinski definition) is 5. The van der Waals surface area contributed by atoms with E-state index in [0.717, 1.165) is 37.7 Å². The maximum Gasteiger partial charge on any atom is 0.315 e. The molecule has 3 saturated carbocycles. The Balaban J connectivity index is 1.57. The molecule has 9 atom stereocenters. The summed E-state index contributed by atoms with van der Waals surface area (Å²) in [6, 6.07) is 0. The molecule has 0 unspecified atom stereocenters. The van der Waals surface area contributed by atoms with Gasteiger partial charge in [0, 0.05) is 18.5 Å². The third-order valence-electron chi connectivity index (χ3n) is 9.94. The van der Waals surface area contributed by atoms with Crippen molar-refractivity contribution in [3.05, 3.63) is 11.6 Å². The molecule has 5 aliphatic rings. The molecule has 0 spiro atoms. The van der Waals surface area contributed by atoms with Crippen LogP contribution in [0.4, 0.5) is 0 Å². The van der Waals surface area contributed by atoms with Crippen LogP contribution in [0.15, 0.2) is 11.6 Å². The number of morpholine rings is 1. The Morgan fingerprint density at radius 3 is 2.72 bits per heavy atom. The van der Waals surface area contributed by atoms with Gasteiger partial charge < -0.3 is 19.4 Å². The molecule has 32 heavy (non-hydrogen) atoms. The summed E-state index contributed by atoms with van der Waals surface area (Å²) in [5, 5.41) is 10.8. The standard InChI is InChI=1S/C26H39NO5/c1-15(2)20-9-24(14-31-22-11-27(5)10-17(4)32-22)12-25(13-28)19-7-6-16(3)18(19)8-21(24)26(20,25)23(29)30/h9,13,15-19,21-22H,6-8,10-12,14H2,1-5H3,(H,29,30)/t16-,17-,18-,19-,21-,22-,24+,25-,26+/m1/s1. The number of fused-ring (bicyclic) bond motifs is 2. The highest BCUT2D eigenvalue weighted by Crippen LogP contribution is 2.81. The molecule has 1 saturated heterocycles. The van der Waals surface area contributed by atoms with Gasteiger partial charge in [0.05, 0.1) is 18.1 Å². The van der Waals surface area contributed by atoms with Crippen LogP contribution in [0.25, 0.3) is 0 Å². The number of aldehydes is 1. The Kier molecular flexibility index (Phi) is 5.20. The lowest BCUT2D eigenvalue weighted by molar-refractivity contribution is -0.214. The summed E-state index contributed by atoms with van der Waals surface area (Å²) in [5.41, 5.74) is -1.36. The summed E-state index contributed by atoms with van der Waals surface area (Å²) in [6.45, 7) is 10.5. The molecule has 4 fully saturated rings. The SMILES string of the molecule is CC(C)C1=C[C@@]2(CO[C@H]3CN(C)C[C@@H](C)O3)C[C@@]3(C=O)[C@@H]4CC[C@@H](C)[C@H]4C[C@H]2[C@]13C(=O)O. The number of carbonyl (C=O) groups excluding carboxylic acids is 1. The van der Waals surface area contributed by atoms with E-state index in [2.05, 4.69) is 45.7 Å². The molecular weight excluding hydrogens is 406 g/mol. The van der Waals surface area contributed by atoms with Crippen LogP contribution in [0.3, 0.4) is 0 Å². The highest BCUT2D eigenvalue weighted by Gasteiger charge is 2.82. The van der Waals surface area contributed by atoms with E-state index < -0.39 is 22.2 Å². The van der Waals surface area contributed by atoms with Crippen molar-refractivity contribution in [3.8, 4) is 0 Å². The third kappa shape index (κ3) is 2.69. The fourth-order valence-corrected chi connectivity index (χ4v) is 8.98. The van der Waals surface area contributed by atoms with E-state index in [-0.39, 0.29) is 30.1 Å². The van der Waals surface area contributed by atoms with Crippen LogP contribution in [-0.4, -0.2) is 61.4 Å². The second-order valence-corrected chi connectivity index (χ2v) is 12.0. The first-order valence-electron chi connectivity index (χ1n) is 12.5. The summed E-state index contributed by atoms with van der Waals surface area (Å²) in [7, 11) is 2.07. The van der Waals surface area contributed by atoms with Gasteiger partial charge in [0.15, 0.2) is 6.29 Å². The Hall–Kier alpha value is -1.24. The average molecular weight is 446 g/mol. The van der Waals surface area contributed by atoms with Gasteiger partial charge in [0.2, 0.25) is 0 Å². The summed E-state index contributed by atoms with van der Waals surface area (Å²) < 4.78 is 12.5. The molecule has 0 amide bonds. The van der Waals surface area contributed by atoms with E-state index in [1.54, 1.807) is 0 Å². The Morgan fingerprint density at radius 1 is 1.34 bits per heavy atom. The van der Waals surface area contributed by atoms with Gasteiger partial charge in [0.25, 0.3) is 0 Å². The number of rotatable bonds is 6. The number of likely N-dealkylation sites (N-methyl/N-ethyl adjacent to an activating group) is 1. The lowest BCUT2D eigenvalue weighted by Gasteiger charge is -2.53. The maximum absolute atomic E-state index is 13.2. The molecule has 0 aromatic heterocycles. The second-order valence-electron chi connectivity index (χ2n) is 12.0. The first kappa shape index (κ1) is 22.5. The van der Waals surface area contributed by atoms with Crippen LogP contribution < -0.4 is 0 Å². The van der Waals surface area contributed by atoms with Crippen molar-refractivity contribution in [2.24, 2.45) is 45.8 Å². The predicted octanol–water partition coefficient (Wildman–Crippen LogP) is 3.60. The quantitative estimate of drug-likeness (QED) is 0.497. The average Bonchev–Trinajstić information content (AvgIpc) is 3.29. The summed E-state index contributed by atoms with van der Waals surface area (Å²) in [4.78, 5) is 28.5. The Morgan fingerprint density at radius 2 is 2.09 bits per heavy atom. The first-order valence-corrected chi connectivity index (χ1v) is 12.5. The topological polar surface area (TPSA) is 76.1 Å². The minimum atomic E-state index is -1.09. The Labute approximate surface area is 191 Å². The highest BCUT2D eigenvalue weighted by atomic mass is 16.7. The van der Waals surface area contributed by atoms with Crippen LogP contribution in [-0.2, 0) is 19.1 Å². The highest BCUT2D eigenvalue weighted by molar-refractivity contribution is 5.89. The maximum atomic E-state index is 13.2. The van der Waals surface area contributed by atoms with E-state index in [1.165, 1.54) is 0 Å². The number of carboxylic acids is 1. The predicted molar refractivity (Wildman–Crippen MR) is 120 cm³/mol. The Bertz CT molecular complexity index is 830. The number of ether oxygens (including phenoxy) is 2. The number of nitrogens with zero attached hydrogens (tertiary/aromatic N) is 1. The minimum Gasteiger partial charge on any atom is -0.481 e. The zero-order valence-electron chi connectivity index (χ0n) is 20.2. The summed E-state index contributed by atoms with van der Waals surface area (Å²) in [5.74, 6) is 0.329. The fraction of sp³-hybridized carbons (Fsp3) is 0.846. The number of carboxylic acid groups (broad SMARTS) is 1. The molecule has 1 aliphatic heterocycles. The van der Waals surface area contributed by atoms with Crippen molar-refractivity contribution in [1.82, 2.24) is 4.90 Å². The smallest absolute Gasteiger partial charge is 0.315 e. The number of carbonyl (C=O) groups is 2. The van der Waals surface area contributed by atoms with Gasteiger partial charge in [-0.05, 0) is 62.8 Å². The summed E-state index contributed by atoms with van der Waals surface area (Å²) >= 11 is 0. The molecule has 6 heteroatoms. The molecule has 0 aromatic rings. The van der Waals surface area contributed by atoms with Crippen LogP contribution >= 0.6 is 0 Å². The van der Waals surface area contributed by atoms with Gasteiger partial charge >= 0.3 is 5.97 Å². The van der Waals surface area contributed by atoms with Gasteiger partial charge in [-0.15, -0.1) is 0 Å². The van der Waals surface area contributed by atoms with Gasteiger partial charge in [0.1, 0.15) is 11.7 Å². The monoisotopic (exact) mass is 445 g/mol. The van der Waals surface area contributed by atoms with Crippen LogP contribution in [0, 0.1) is 45.8 Å². The lowest BCUT2D eigenvalue weighted by Crippen LogP contribution is -2.58. The zero-order chi connectivity index (χ0) is 23.1. The van der Waals surface area contributed by atoms with E-state index in [1.807, 2.05) is 0 Å². The van der Waals surface area contributed by atoms with E-state index in [4.69, 9.17) is 9.47 Å². The molecule has 6 nitrogen and oxygen atoms in total. The van der Waals surface area contributed by atoms with Crippen LogP contribution in [0.1, 0.15) is 53.4 Å². The molecule has 1 N–H and O–H groups in total. The van der Waals surface area contributed by atoms with Gasteiger partial charge in [-0.2, -0.15) is 0 Å². The van der Waals surface area contributed by atoms with Crippen molar-refractivity contribution in [3.63, 3.8) is 0 Å². The number of hydrogen-bond donors (Lipinski definition) is 1. The molecule has 4 bridgehead atoms. The van der Waals surface area contributed by atoms with Gasteiger partial charge in [-0.1, -0.05) is 38.8 Å². The second kappa shape index (κ2) is 7.38. The largest absolute Gasteiger partial charge is 0.481 e. The lowest BCUT2D eigenvalue weighted by atomic mass is 9.47. The normalized spacial score (nSPS) is 49.9. The summed E-state index contributed by atoms with van der Waals surface area (Å²) in [6.07, 6.45) is 6.63. The van der Waals surface area contributed by atoms with Crippen LogP contribution in [0.2, 0.25) is 0 Å². The van der Waals surface area contributed by atoms with E-state index in [9.17, 15) is 14.7 Å². The number of aliphatic carboxylic acids is 1. The molecule has 178 valence electrons. The molecule has 1 heterocycles. The van der Waals surface area contributed by atoms with Gasteiger partial charge in [-0.25, -0.2) is 0 Å². The first-order chi connectivity index (χ1) is 15.1. The fourth-order valence-electron chi connectivity index (χ4n) is 8.98. The molecule has 5 rings (SSSR count). The van der Waals surface area contributed by atoms with Crippen LogP contribution in [0.5, 0.6) is 0 Å². The van der Waals surface area contributed by atoms with Crippen molar-refractivity contribution >= 4 is 12.3 Å². The molecule has 4 aliphatic carbocycles. The molecular formula is C26H39NO5. The van der Waals surface area contributed by atoms with Gasteiger partial charge in [-0.3, -0.25) is 9.69 Å². The molecule has 0 radical (unpaired) electrons.